The highest BCUT2D eigenvalue weighted by molar-refractivity contribution is 6.30. The third-order valence-electron chi connectivity index (χ3n) is 6.01. The fourth-order valence-corrected chi connectivity index (χ4v) is 4.57. The summed E-state index contributed by atoms with van der Waals surface area (Å²) in [5.74, 6) is 0.620. The summed E-state index contributed by atoms with van der Waals surface area (Å²) in [5.41, 5.74) is 2.63. The van der Waals surface area contributed by atoms with Crippen molar-refractivity contribution in [2.75, 3.05) is 13.1 Å². The summed E-state index contributed by atoms with van der Waals surface area (Å²) < 4.78 is 6.26. The molecule has 7 heteroatoms. The SMILES string of the molecule is Cc1cc(C(=O)N2CCC3(CC2)CC(=O)c2ccc(Cl)cc2O3)cc2cn[nH]c12. The van der Waals surface area contributed by atoms with Crippen LogP contribution in [0.25, 0.3) is 10.9 Å². The number of ketones is 1. The number of Topliss-reactive ketones (excluding diaryl/α,β-unsaturated/α-hetero) is 1. The molecule has 29 heavy (non-hydrogen) atoms. The van der Waals surface area contributed by atoms with Crippen LogP contribution >= 0.6 is 11.6 Å². The molecule has 2 aromatic carbocycles. The molecule has 2 aliphatic rings. The number of ether oxygens (including phenoxy) is 1. The number of piperidine rings is 1. The molecule has 0 radical (unpaired) electrons. The van der Waals surface area contributed by atoms with Crippen molar-refractivity contribution >= 4 is 34.2 Å². The number of nitrogens with one attached hydrogen (secondary N) is 1. The van der Waals surface area contributed by atoms with Gasteiger partial charge >= 0.3 is 0 Å². The maximum atomic E-state index is 13.1. The van der Waals surface area contributed by atoms with E-state index in [4.69, 9.17) is 16.3 Å². The zero-order chi connectivity index (χ0) is 20.2. The molecule has 1 aromatic heterocycles. The van der Waals surface area contributed by atoms with Gasteiger partial charge in [-0.15, -0.1) is 0 Å². The van der Waals surface area contributed by atoms with E-state index < -0.39 is 5.60 Å². The van der Waals surface area contributed by atoms with Gasteiger partial charge in [0.1, 0.15) is 11.4 Å². The van der Waals surface area contributed by atoms with Crippen LogP contribution in [0.2, 0.25) is 5.02 Å². The van der Waals surface area contributed by atoms with Crippen LogP contribution in [-0.2, 0) is 0 Å². The Hall–Kier alpha value is -2.86. The summed E-state index contributed by atoms with van der Waals surface area (Å²) in [6.45, 7) is 3.06. The van der Waals surface area contributed by atoms with Gasteiger partial charge in [-0.1, -0.05) is 11.6 Å². The highest BCUT2D eigenvalue weighted by Crippen LogP contribution is 2.40. The van der Waals surface area contributed by atoms with Gasteiger partial charge in [0.15, 0.2) is 5.78 Å². The first-order valence-electron chi connectivity index (χ1n) is 9.69. The number of aromatic nitrogens is 2. The number of carbonyl (C=O) groups excluding carboxylic acids is 2. The van der Waals surface area contributed by atoms with E-state index >= 15 is 0 Å². The van der Waals surface area contributed by atoms with Gasteiger partial charge in [-0.05, 0) is 42.8 Å². The predicted octanol–water partition coefficient (Wildman–Crippen LogP) is 4.16. The molecule has 0 unspecified atom stereocenters. The Morgan fingerprint density at radius 3 is 2.83 bits per heavy atom. The van der Waals surface area contributed by atoms with Crippen LogP contribution in [0.3, 0.4) is 0 Å². The van der Waals surface area contributed by atoms with Gasteiger partial charge in [0.25, 0.3) is 5.91 Å². The molecule has 0 aliphatic carbocycles. The zero-order valence-corrected chi connectivity index (χ0v) is 16.8. The van der Waals surface area contributed by atoms with Crippen LogP contribution in [0.15, 0.2) is 36.5 Å². The largest absolute Gasteiger partial charge is 0.486 e. The number of hydrogen-bond acceptors (Lipinski definition) is 4. The van der Waals surface area contributed by atoms with Gasteiger partial charge in [0.2, 0.25) is 0 Å². The van der Waals surface area contributed by atoms with E-state index in [1.54, 1.807) is 24.4 Å². The maximum Gasteiger partial charge on any atom is 0.253 e. The molecule has 0 bridgehead atoms. The van der Waals surface area contributed by atoms with E-state index in [1.165, 1.54) is 0 Å². The van der Waals surface area contributed by atoms with Crippen molar-refractivity contribution in [1.82, 2.24) is 15.1 Å². The van der Waals surface area contributed by atoms with Gasteiger partial charge in [-0.3, -0.25) is 14.7 Å². The van der Waals surface area contributed by atoms with Crippen LogP contribution in [0.5, 0.6) is 5.75 Å². The van der Waals surface area contributed by atoms with Crippen molar-refractivity contribution in [2.24, 2.45) is 0 Å². The lowest BCUT2D eigenvalue weighted by Crippen LogP contribution is -2.52. The highest BCUT2D eigenvalue weighted by atomic mass is 35.5. The van der Waals surface area contributed by atoms with Gasteiger partial charge < -0.3 is 9.64 Å². The second kappa shape index (κ2) is 6.59. The monoisotopic (exact) mass is 409 g/mol. The first-order valence-corrected chi connectivity index (χ1v) is 10.1. The number of nitrogens with zero attached hydrogens (tertiary/aromatic N) is 2. The van der Waals surface area contributed by atoms with Crippen molar-refractivity contribution in [3.05, 3.63) is 58.2 Å². The summed E-state index contributed by atoms with van der Waals surface area (Å²) in [6.07, 6.45) is 3.30. The number of benzene rings is 2. The number of aryl methyl sites for hydroxylation is 1. The van der Waals surface area contributed by atoms with E-state index in [9.17, 15) is 9.59 Å². The summed E-state index contributed by atoms with van der Waals surface area (Å²) >= 11 is 6.08. The number of H-pyrrole nitrogens is 1. The first kappa shape index (κ1) is 18.2. The summed E-state index contributed by atoms with van der Waals surface area (Å²) in [6, 6.07) is 8.90. The average molecular weight is 410 g/mol. The molecular formula is C22H20ClN3O3. The molecule has 148 valence electrons. The Morgan fingerprint density at radius 1 is 1.24 bits per heavy atom. The number of halogens is 1. The van der Waals surface area contributed by atoms with Crippen LogP contribution < -0.4 is 4.74 Å². The number of carbonyl (C=O) groups is 2. The molecule has 2 aliphatic heterocycles. The topological polar surface area (TPSA) is 75.3 Å². The molecule has 5 rings (SSSR count). The predicted molar refractivity (Wildman–Crippen MR) is 110 cm³/mol. The van der Waals surface area contributed by atoms with Gasteiger partial charge in [-0.2, -0.15) is 5.10 Å². The summed E-state index contributed by atoms with van der Waals surface area (Å²) in [5, 5.41) is 8.49. The van der Waals surface area contributed by atoms with Crippen LogP contribution in [0.4, 0.5) is 0 Å². The Balaban J connectivity index is 1.34. The van der Waals surface area contributed by atoms with Crippen molar-refractivity contribution in [2.45, 2.75) is 31.8 Å². The normalized spacial score (nSPS) is 18.0. The van der Waals surface area contributed by atoms with Crippen molar-refractivity contribution in [1.29, 1.82) is 0 Å². The fourth-order valence-electron chi connectivity index (χ4n) is 4.41. The number of aromatic amines is 1. The Kier molecular flexibility index (Phi) is 4.13. The summed E-state index contributed by atoms with van der Waals surface area (Å²) in [7, 11) is 0. The molecule has 3 heterocycles. The van der Waals surface area contributed by atoms with E-state index in [-0.39, 0.29) is 11.7 Å². The number of likely N-dealkylation sites (tertiary alicyclic amines) is 1. The molecular weight excluding hydrogens is 390 g/mol. The Labute approximate surface area is 172 Å². The molecule has 1 amide bonds. The standard InChI is InChI=1S/C22H20ClN3O3/c1-13-8-14(9-15-12-24-25-20(13)15)21(28)26-6-4-22(5-7-26)11-18(27)17-3-2-16(23)10-19(17)29-22/h2-3,8-10,12H,4-7,11H2,1H3,(H,24,25). The van der Waals surface area contributed by atoms with Crippen molar-refractivity contribution in [3.8, 4) is 5.75 Å². The van der Waals surface area contributed by atoms with Crippen molar-refractivity contribution in [3.63, 3.8) is 0 Å². The van der Waals surface area contributed by atoms with Crippen molar-refractivity contribution < 1.29 is 14.3 Å². The minimum atomic E-state index is -0.560. The van der Waals surface area contributed by atoms with Gasteiger partial charge in [0, 0.05) is 41.9 Å². The minimum absolute atomic E-state index is 0.00312. The Bertz CT molecular complexity index is 1150. The maximum absolute atomic E-state index is 13.1. The highest BCUT2D eigenvalue weighted by Gasteiger charge is 2.43. The molecule has 6 nitrogen and oxygen atoms in total. The lowest BCUT2D eigenvalue weighted by molar-refractivity contribution is -0.00569. The van der Waals surface area contributed by atoms with E-state index in [0.29, 0.717) is 54.3 Å². The second-order valence-electron chi connectivity index (χ2n) is 7.95. The van der Waals surface area contributed by atoms with E-state index in [0.717, 1.165) is 16.5 Å². The number of fused-ring (bicyclic) bond motifs is 2. The number of amides is 1. The number of hydrogen-bond donors (Lipinski definition) is 1. The summed E-state index contributed by atoms with van der Waals surface area (Å²) in [4.78, 5) is 27.5. The van der Waals surface area contributed by atoms with Gasteiger partial charge in [0.05, 0.1) is 23.7 Å². The van der Waals surface area contributed by atoms with E-state index in [1.807, 2.05) is 24.0 Å². The first-order chi connectivity index (χ1) is 13.9. The smallest absolute Gasteiger partial charge is 0.253 e. The third kappa shape index (κ3) is 3.08. The van der Waals surface area contributed by atoms with Crippen LogP contribution in [0, 0.1) is 6.92 Å². The average Bonchev–Trinajstić information content (AvgIpc) is 3.17. The number of rotatable bonds is 1. The molecule has 0 atom stereocenters. The van der Waals surface area contributed by atoms with Crippen LogP contribution in [-0.4, -0.2) is 45.5 Å². The molecule has 3 aromatic rings. The molecule has 1 spiro atoms. The minimum Gasteiger partial charge on any atom is -0.486 e. The quantitative estimate of drug-likeness (QED) is 0.654. The molecule has 0 saturated carbocycles. The molecule has 1 N–H and O–H groups in total. The molecule has 1 fully saturated rings. The van der Waals surface area contributed by atoms with Gasteiger partial charge in [-0.25, -0.2) is 0 Å². The van der Waals surface area contributed by atoms with Crippen LogP contribution in [0.1, 0.15) is 45.5 Å². The molecule has 1 saturated heterocycles. The second-order valence-corrected chi connectivity index (χ2v) is 8.38. The fraction of sp³-hybridized carbons (Fsp3) is 0.318. The zero-order valence-electron chi connectivity index (χ0n) is 16.0. The lowest BCUT2D eigenvalue weighted by atomic mass is 9.82. The Morgan fingerprint density at radius 2 is 2.03 bits per heavy atom. The van der Waals surface area contributed by atoms with E-state index in [2.05, 4.69) is 10.2 Å². The lowest BCUT2D eigenvalue weighted by Gasteiger charge is -2.44. The third-order valence-corrected chi connectivity index (χ3v) is 6.24.